The predicted molar refractivity (Wildman–Crippen MR) is 102 cm³/mol. The third-order valence-electron chi connectivity index (χ3n) is 5.23. The first-order valence-corrected chi connectivity index (χ1v) is 9.46. The van der Waals surface area contributed by atoms with Crippen molar-refractivity contribution in [1.82, 2.24) is 25.1 Å². The first-order valence-electron chi connectivity index (χ1n) is 9.46. The first kappa shape index (κ1) is 19.4. The van der Waals surface area contributed by atoms with E-state index in [1.807, 2.05) is 30.3 Å². The van der Waals surface area contributed by atoms with Gasteiger partial charge in [0.15, 0.2) is 6.33 Å². The molecule has 0 radical (unpaired) electrons. The lowest BCUT2D eigenvalue weighted by atomic mass is 9.80. The molecular weight excluding hydrogens is 344 g/mol. The average Bonchev–Trinajstić information content (AvgIpc) is 3.16. The summed E-state index contributed by atoms with van der Waals surface area (Å²) in [5.41, 5.74) is 0.767. The Kier molecular flexibility index (Phi) is 6.52. The van der Waals surface area contributed by atoms with Crippen LogP contribution in [0, 0.1) is 17.8 Å². The number of likely N-dealkylation sites (tertiary alicyclic amines) is 1. The van der Waals surface area contributed by atoms with Gasteiger partial charge in [-0.2, -0.15) is 9.86 Å². The number of rotatable bonds is 7. The maximum absolute atomic E-state index is 12.0. The highest BCUT2D eigenvalue weighted by Crippen LogP contribution is 2.29. The van der Waals surface area contributed by atoms with Crippen LogP contribution in [0.15, 0.2) is 36.7 Å². The first-order chi connectivity index (χ1) is 13.0. The topological polar surface area (TPSA) is 76.4 Å². The SMILES string of the molecule is CC(=O)N(OCC1C(C)CN(CCn2ncnn2)CC1C)c1ccccc1. The number of amides is 1. The Morgan fingerprint density at radius 1 is 1.19 bits per heavy atom. The molecule has 1 fully saturated rings. The molecule has 1 aliphatic heterocycles. The second-order valence-electron chi connectivity index (χ2n) is 7.35. The number of tetrazole rings is 1. The van der Waals surface area contributed by atoms with Crippen LogP contribution in [0.1, 0.15) is 20.8 Å². The molecule has 1 amide bonds. The van der Waals surface area contributed by atoms with Crippen molar-refractivity contribution < 1.29 is 9.63 Å². The van der Waals surface area contributed by atoms with Crippen LogP contribution in [-0.2, 0) is 16.2 Å². The summed E-state index contributed by atoms with van der Waals surface area (Å²) in [5, 5.41) is 13.1. The molecule has 1 aliphatic rings. The Balaban J connectivity index is 1.53. The van der Waals surface area contributed by atoms with E-state index in [1.54, 1.807) is 4.80 Å². The molecule has 2 aromatic rings. The highest BCUT2D eigenvalue weighted by atomic mass is 16.7. The van der Waals surface area contributed by atoms with Crippen LogP contribution in [0.25, 0.3) is 0 Å². The molecule has 8 nitrogen and oxygen atoms in total. The largest absolute Gasteiger partial charge is 0.301 e. The number of anilines is 1. The molecule has 1 saturated heterocycles. The molecule has 2 heterocycles. The molecule has 8 heteroatoms. The molecule has 0 saturated carbocycles. The van der Waals surface area contributed by atoms with Gasteiger partial charge in [0.2, 0.25) is 5.91 Å². The van der Waals surface area contributed by atoms with Crippen LogP contribution < -0.4 is 5.06 Å². The molecule has 0 spiro atoms. The normalized spacial score (nSPS) is 23.3. The summed E-state index contributed by atoms with van der Waals surface area (Å²) in [6, 6.07) is 9.51. The van der Waals surface area contributed by atoms with Gasteiger partial charge in [0.25, 0.3) is 0 Å². The van der Waals surface area contributed by atoms with Gasteiger partial charge >= 0.3 is 0 Å². The third-order valence-corrected chi connectivity index (χ3v) is 5.23. The van der Waals surface area contributed by atoms with Crippen molar-refractivity contribution in [2.45, 2.75) is 27.3 Å². The molecule has 2 unspecified atom stereocenters. The Morgan fingerprint density at radius 3 is 2.48 bits per heavy atom. The fraction of sp³-hybridized carbons (Fsp3) is 0.579. The van der Waals surface area contributed by atoms with E-state index in [0.717, 1.165) is 31.9 Å². The molecule has 3 rings (SSSR count). The molecule has 0 aliphatic carbocycles. The zero-order valence-corrected chi connectivity index (χ0v) is 16.2. The Morgan fingerprint density at radius 2 is 1.89 bits per heavy atom. The summed E-state index contributed by atoms with van der Waals surface area (Å²) in [5.74, 6) is 1.24. The van der Waals surface area contributed by atoms with Crippen molar-refractivity contribution in [2.24, 2.45) is 17.8 Å². The standard InChI is InChI=1S/C19H28N6O2/c1-15-11-23(9-10-24-21-14-20-22-24)12-16(2)19(15)13-27-25(17(3)26)18-7-5-4-6-8-18/h4-8,14-16,19H,9-13H2,1-3H3. The van der Waals surface area contributed by atoms with E-state index in [-0.39, 0.29) is 5.91 Å². The van der Waals surface area contributed by atoms with Crippen molar-refractivity contribution in [1.29, 1.82) is 0 Å². The van der Waals surface area contributed by atoms with Gasteiger partial charge in [0.1, 0.15) is 0 Å². The quantitative estimate of drug-likeness (QED) is 0.691. The number of hydrogen-bond donors (Lipinski definition) is 0. The van der Waals surface area contributed by atoms with Crippen LogP contribution >= 0.6 is 0 Å². The van der Waals surface area contributed by atoms with E-state index >= 15 is 0 Å². The summed E-state index contributed by atoms with van der Waals surface area (Å²) in [6.45, 7) is 10.2. The van der Waals surface area contributed by atoms with Gasteiger partial charge in [-0.3, -0.25) is 9.63 Å². The minimum Gasteiger partial charge on any atom is -0.301 e. The zero-order valence-electron chi connectivity index (χ0n) is 16.2. The van der Waals surface area contributed by atoms with Crippen LogP contribution in [0.2, 0.25) is 0 Å². The lowest BCUT2D eigenvalue weighted by Gasteiger charge is -2.41. The van der Waals surface area contributed by atoms with Gasteiger partial charge in [-0.15, -0.1) is 10.2 Å². The molecule has 0 bridgehead atoms. The Hall–Kier alpha value is -2.32. The number of hydroxylamine groups is 1. The zero-order chi connectivity index (χ0) is 19.2. The van der Waals surface area contributed by atoms with Gasteiger partial charge < -0.3 is 4.90 Å². The number of piperidine rings is 1. The highest BCUT2D eigenvalue weighted by Gasteiger charge is 2.33. The van der Waals surface area contributed by atoms with Crippen molar-refractivity contribution in [2.75, 3.05) is 31.3 Å². The lowest BCUT2D eigenvalue weighted by Crippen LogP contribution is -2.47. The molecule has 1 aromatic carbocycles. The summed E-state index contributed by atoms with van der Waals surface area (Å²) < 4.78 is 0. The number of carbonyl (C=O) groups is 1. The highest BCUT2D eigenvalue weighted by molar-refractivity contribution is 5.89. The van der Waals surface area contributed by atoms with E-state index in [0.29, 0.717) is 24.4 Å². The molecule has 2 atom stereocenters. The number of aromatic nitrogens is 4. The number of benzene rings is 1. The van der Waals surface area contributed by atoms with Gasteiger partial charge in [0.05, 0.1) is 18.8 Å². The summed E-state index contributed by atoms with van der Waals surface area (Å²) in [6.07, 6.45) is 1.46. The average molecular weight is 372 g/mol. The molecule has 0 N–H and O–H groups in total. The fourth-order valence-electron chi connectivity index (χ4n) is 3.82. The lowest BCUT2D eigenvalue weighted by molar-refractivity contribution is -0.125. The molecule has 146 valence electrons. The van der Waals surface area contributed by atoms with Crippen molar-refractivity contribution in [3.63, 3.8) is 0 Å². The molecule has 1 aromatic heterocycles. The van der Waals surface area contributed by atoms with Crippen LogP contribution in [0.3, 0.4) is 0 Å². The summed E-state index contributed by atoms with van der Waals surface area (Å²) in [7, 11) is 0. The van der Waals surface area contributed by atoms with Crippen LogP contribution in [-0.4, -0.2) is 57.3 Å². The van der Waals surface area contributed by atoms with E-state index < -0.39 is 0 Å². The summed E-state index contributed by atoms with van der Waals surface area (Å²) in [4.78, 5) is 22.0. The van der Waals surface area contributed by atoms with Crippen molar-refractivity contribution >= 4 is 11.6 Å². The van der Waals surface area contributed by atoms with Crippen LogP contribution in [0.5, 0.6) is 0 Å². The minimum absolute atomic E-state index is 0.112. The fourth-order valence-corrected chi connectivity index (χ4v) is 3.82. The van der Waals surface area contributed by atoms with E-state index in [2.05, 4.69) is 34.2 Å². The van der Waals surface area contributed by atoms with Gasteiger partial charge in [0, 0.05) is 26.6 Å². The Bertz CT molecular complexity index is 696. The molecular formula is C19H28N6O2. The number of hydrogen-bond acceptors (Lipinski definition) is 6. The monoisotopic (exact) mass is 372 g/mol. The maximum atomic E-state index is 12.0. The van der Waals surface area contributed by atoms with Gasteiger partial charge in [-0.25, -0.2) is 0 Å². The van der Waals surface area contributed by atoms with E-state index in [9.17, 15) is 4.79 Å². The number of nitrogens with zero attached hydrogens (tertiary/aromatic N) is 6. The maximum Gasteiger partial charge on any atom is 0.247 e. The third kappa shape index (κ3) is 5.11. The van der Waals surface area contributed by atoms with Crippen molar-refractivity contribution in [3.05, 3.63) is 36.7 Å². The minimum atomic E-state index is -0.112. The predicted octanol–water partition coefficient (Wildman–Crippen LogP) is 1.86. The van der Waals surface area contributed by atoms with E-state index in [4.69, 9.17) is 4.84 Å². The smallest absolute Gasteiger partial charge is 0.247 e. The second kappa shape index (κ2) is 9.05. The summed E-state index contributed by atoms with van der Waals surface area (Å²) >= 11 is 0. The second-order valence-corrected chi connectivity index (χ2v) is 7.35. The van der Waals surface area contributed by atoms with Gasteiger partial charge in [-0.05, 0) is 35.1 Å². The molecule has 27 heavy (non-hydrogen) atoms. The number of para-hydroxylation sites is 1. The van der Waals surface area contributed by atoms with Gasteiger partial charge in [-0.1, -0.05) is 32.0 Å². The number of carbonyl (C=O) groups excluding carboxylic acids is 1. The van der Waals surface area contributed by atoms with Crippen molar-refractivity contribution in [3.8, 4) is 0 Å². The van der Waals surface area contributed by atoms with Crippen LogP contribution in [0.4, 0.5) is 5.69 Å². The Labute approximate surface area is 160 Å². The van der Waals surface area contributed by atoms with E-state index in [1.165, 1.54) is 18.3 Å².